The van der Waals surface area contributed by atoms with Crippen molar-refractivity contribution in [1.29, 1.82) is 0 Å². The van der Waals surface area contributed by atoms with Crippen molar-refractivity contribution in [3.8, 4) is 0 Å². The molecule has 2 aromatic carbocycles. The molecule has 0 saturated heterocycles. The molecule has 3 heteroatoms. The highest BCUT2D eigenvalue weighted by molar-refractivity contribution is 6.31. The third-order valence-corrected chi connectivity index (χ3v) is 3.64. The number of nitrogens with one attached hydrogen (secondary N) is 2. The van der Waals surface area contributed by atoms with Gasteiger partial charge in [-0.2, -0.15) is 0 Å². The molecular weight excluding hydrogens is 268 g/mol. The first-order valence-electron chi connectivity index (χ1n) is 7.00. The van der Waals surface area contributed by atoms with E-state index in [1.165, 1.54) is 5.56 Å². The molecule has 0 bridgehead atoms. The minimum atomic E-state index is 0.812. The van der Waals surface area contributed by atoms with E-state index < -0.39 is 0 Å². The van der Waals surface area contributed by atoms with Crippen molar-refractivity contribution in [2.45, 2.75) is 13.3 Å². The molecule has 2 aromatic rings. The average molecular weight is 289 g/mol. The normalized spacial score (nSPS) is 10.5. The van der Waals surface area contributed by atoms with E-state index in [0.29, 0.717) is 0 Å². The highest BCUT2D eigenvalue weighted by Gasteiger charge is 1.97. The summed E-state index contributed by atoms with van der Waals surface area (Å²) in [6, 6.07) is 16.6. The first-order valence-corrected chi connectivity index (χ1v) is 7.38. The summed E-state index contributed by atoms with van der Waals surface area (Å²) in [5.74, 6) is 0. The van der Waals surface area contributed by atoms with Crippen molar-refractivity contribution in [3.05, 3.63) is 64.7 Å². The quantitative estimate of drug-likeness (QED) is 0.755. The van der Waals surface area contributed by atoms with Crippen LogP contribution >= 0.6 is 11.6 Å². The molecular formula is C17H21ClN2. The molecule has 0 spiro atoms. The van der Waals surface area contributed by atoms with E-state index in [2.05, 4.69) is 41.0 Å². The topological polar surface area (TPSA) is 24.1 Å². The molecule has 0 heterocycles. The summed E-state index contributed by atoms with van der Waals surface area (Å²) < 4.78 is 0. The molecule has 20 heavy (non-hydrogen) atoms. The fourth-order valence-electron chi connectivity index (χ4n) is 2.00. The number of halogens is 1. The molecule has 106 valence electrons. The third kappa shape index (κ3) is 4.87. The fraction of sp³-hybridized carbons (Fsp3) is 0.294. The molecule has 0 radical (unpaired) electrons. The van der Waals surface area contributed by atoms with Crippen LogP contribution in [0, 0.1) is 6.92 Å². The van der Waals surface area contributed by atoms with Gasteiger partial charge in [0.2, 0.25) is 0 Å². The fourth-order valence-corrected chi connectivity index (χ4v) is 2.18. The summed E-state index contributed by atoms with van der Waals surface area (Å²) in [7, 11) is 0. The van der Waals surface area contributed by atoms with Crippen LogP contribution < -0.4 is 10.6 Å². The lowest BCUT2D eigenvalue weighted by atomic mass is 10.1. The van der Waals surface area contributed by atoms with Crippen molar-refractivity contribution in [2.75, 3.05) is 25.0 Å². The van der Waals surface area contributed by atoms with Gasteiger partial charge in [0.05, 0.1) is 0 Å². The predicted molar refractivity (Wildman–Crippen MR) is 87.7 cm³/mol. The van der Waals surface area contributed by atoms with Gasteiger partial charge in [-0.3, -0.25) is 0 Å². The zero-order chi connectivity index (χ0) is 14.2. The molecule has 0 saturated carbocycles. The Balaban J connectivity index is 1.61. The number of hydrogen-bond donors (Lipinski definition) is 2. The maximum atomic E-state index is 6.09. The number of aryl methyl sites for hydroxylation is 1. The SMILES string of the molecule is Cc1ccc(NCCNCCc2ccccc2)cc1Cl. The van der Waals surface area contributed by atoms with Crippen LogP contribution in [-0.4, -0.2) is 19.6 Å². The van der Waals surface area contributed by atoms with E-state index in [4.69, 9.17) is 11.6 Å². The summed E-state index contributed by atoms with van der Waals surface area (Å²) in [5, 5.41) is 7.61. The van der Waals surface area contributed by atoms with Gasteiger partial charge in [0.1, 0.15) is 0 Å². The number of benzene rings is 2. The molecule has 0 aliphatic heterocycles. The third-order valence-electron chi connectivity index (χ3n) is 3.24. The summed E-state index contributed by atoms with van der Waals surface area (Å²) in [4.78, 5) is 0. The van der Waals surface area contributed by atoms with E-state index in [1.54, 1.807) is 0 Å². The molecule has 0 aromatic heterocycles. The second-order valence-corrected chi connectivity index (χ2v) is 5.28. The molecule has 2 rings (SSSR count). The van der Waals surface area contributed by atoms with Crippen LogP contribution in [0.1, 0.15) is 11.1 Å². The van der Waals surface area contributed by atoms with Crippen LogP contribution in [0.25, 0.3) is 0 Å². The Hall–Kier alpha value is -1.51. The standard InChI is InChI=1S/C17H21ClN2/c1-14-7-8-16(13-17(14)18)20-12-11-19-10-9-15-5-3-2-4-6-15/h2-8,13,19-20H,9-12H2,1H3. The van der Waals surface area contributed by atoms with Gasteiger partial charge in [0.15, 0.2) is 0 Å². The van der Waals surface area contributed by atoms with Crippen LogP contribution in [0.2, 0.25) is 5.02 Å². The molecule has 0 atom stereocenters. The lowest BCUT2D eigenvalue weighted by molar-refractivity contribution is 0.699. The molecule has 0 aliphatic rings. The van der Waals surface area contributed by atoms with E-state index in [0.717, 1.165) is 42.3 Å². The lowest BCUT2D eigenvalue weighted by Gasteiger charge is -2.09. The zero-order valence-corrected chi connectivity index (χ0v) is 12.6. The van der Waals surface area contributed by atoms with Gasteiger partial charge < -0.3 is 10.6 Å². The molecule has 2 N–H and O–H groups in total. The van der Waals surface area contributed by atoms with Gasteiger partial charge >= 0.3 is 0 Å². The minimum Gasteiger partial charge on any atom is -0.384 e. The summed E-state index contributed by atoms with van der Waals surface area (Å²) in [6.07, 6.45) is 1.07. The van der Waals surface area contributed by atoms with Gasteiger partial charge in [-0.25, -0.2) is 0 Å². The van der Waals surface area contributed by atoms with Gasteiger partial charge in [0.25, 0.3) is 0 Å². The Bertz CT molecular complexity index is 526. The number of anilines is 1. The lowest BCUT2D eigenvalue weighted by Crippen LogP contribution is -2.24. The van der Waals surface area contributed by atoms with Crippen molar-refractivity contribution < 1.29 is 0 Å². The highest BCUT2D eigenvalue weighted by Crippen LogP contribution is 2.19. The monoisotopic (exact) mass is 288 g/mol. The second kappa shape index (κ2) is 7.93. The average Bonchev–Trinajstić information content (AvgIpc) is 2.47. The Kier molecular flexibility index (Phi) is 5.90. The second-order valence-electron chi connectivity index (χ2n) is 4.88. The summed E-state index contributed by atoms with van der Waals surface area (Å²) in [6.45, 7) is 4.85. The van der Waals surface area contributed by atoms with Crippen molar-refractivity contribution in [1.82, 2.24) is 5.32 Å². The number of rotatable bonds is 7. The smallest absolute Gasteiger partial charge is 0.0455 e. The molecule has 0 unspecified atom stereocenters. The Morgan fingerprint density at radius 3 is 2.50 bits per heavy atom. The first-order chi connectivity index (χ1) is 9.75. The van der Waals surface area contributed by atoms with Crippen molar-refractivity contribution >= 4 is 17.3 Å². The molecule has 2 nitrogen and oxygen atoms in total. The minimum absolute atomic E-state index is 0.812. The molecule has 0 fully saturated rings. The van der Waals surface area contributed by atoms with Gasteiger partial charge in [-0.15, -0.1) is 0 Å². The Morgan fingerprint density at radius 2 is 1.75 bits per heavy atom. The van der Waals surface area contributed by atoms with E-state index in [9.17, 15) is 0 Å². The van der Waals surface area contributed by atoms with Crippen LogP contribution in [0.15, 0.2) is 48.5 Å². The van der Waals surface area contributed by atoms with Crippen LogP contribution in [0.5, 0.6) is 0 Å². The summed E-state index contributed by atoms with van der Waals surface area (Å²) >= 11 is 6.09. The van der Waals surface area contributed by atoms with Gasteiger partial charge in [-0.05, 0) is 43.1 Å². The van der Waals surface area contributed by atoms with Crippen LogP contribution in [0.3, 0.4) is 0 Å². The number of hydrogen-bond acceptors (Lipinski definition) is 2. The van der Waals surface area contributed by atoms with Crippen molar-refractivity contribution in [2.24, 2.45) is 0 Å². The molecule has 0 aliphatic carbocycles. The maximum absolute atomic E-state index is 6.09. The Morgan fingerprint density at radius 1 is 0.950 bits per heavy atom. The van der Waals surface area contributed by atoms with E-state index >= 15 is 0 Å². The highest BCUT2D eigenvalue weighted by atomic mass is 35.5. The first kappa shape index (κ1) is 14.9. The van der Waals surface area contributed by atoms with Crippen LogP contribution in [-0.2, 0) is 6.42 Å². The van der Waals surface area contributed by atoms with Gasteiger partial charge in [-0.1, -0.05) is 48.0 Å². The maximum Gasteiger partial charge on any atom is 0.0455 e. The van der Waals surface area contributed by atoms with Gasteiger partial charge in [0, 0.05) is 23.8 Å². The predicted octanol–water partition coefficient (Wildman–Crippen LogP) is 3.89. The molecule has 0 amide bonds. The zero-order valence-electron chi connectivity index (χ0n) is 11.8. The summed E-state index contributed by atoms with van der Waals surface area (Å²) in [5.41, 5.74) is 3.56. The van der Waals surface area contributed by atoms with Crippen molar-refractivity contribution in [3.63, 3.8) is 0 Å². The Labute approximate surface area is 126 Å². The van der Waals surface area contributed by atoms with E-state index in [1.807, 2.05) is 25.1 Å². The van der Waals surface area contributed by atoms with Crippen LogP contribution in [0.4, 0.5) is 5.69 Å². The largest absolute Gasteiger partial charge is 0.384 e. The van der Waals surface area contributed by atoms with E-state index in [-0.39, 0.29) is 0 Å².